The van der Waals surface area contributed by atoms with Gasteiger partial charge >= 0.3 is 0 Å². The van der Waals surface area contributed by atoms with Crippen molar-refractivity contribution in [2.45, 2.75) is 19.4 Å². The van der Waals surface area contributed by atoms with E-state index in [1.165, 1.54) is 6.92 Å². The summed E-state index contributed by atoms with van der Waals surface area (Å²) in [5.41, 5.74) is 0. The van der Waals surface area contributed by atoms with Crippen molar-refractivity contribution in [1.29, 1.82) is 0 Å². The Bertz CT molecular complexity index is 381. The summed E-state index contributed by atoms with van der Waals surface area (Å²) in [4.78, 5) is 22.0. The highest BCUT2D eigenvalue weighted by atomic mass is 35.5. The zero-order valence-electron chi connectivity index (χ0n) is 9.48. The molecule has 0 aliphatic carbocycles. The maximum atomic E-state index is 11.3. The number of ether oxygens (including phenoxy) is 1. The molecule has 4 nitrogen and oxygen atoms in total. The number of rotatable bonds is 6. The van der Waals surface area contributed by atoms with E-state index in [9.17, 15) is 9.59 Å². The van der Waals surface area contributed by atoms with Crippen molar-refractivity contribution in [2.24, 2.45) is 0 Å². The van der Waals surface area contributed by atoms with Crippen LogP contribution in [0, 0.1) is 0 Å². The molecule has 92 valence electrons. The third-order valence-corrected chi connectivity index (χ3v) is 2.39. The highest BCUT2D eigenvalue weighted by Crippen LogP contribution is 2.08. The molecule has 0 aliphatic rings. The van der Waals surface area contributed by atoms with Gasteiger partial charge < -0.3 is 10.1 Å². The molecule has 1 unspecified atom stereocenters. The molecule has 0 saturated carbocycles. The first kappa shape index (κ1) is 13.5. The third kappa shape index (κ3) is 5.36. The van der Waals surface area contributed by atoms with Gasteiger partial charge in [0.25, 0.3) is 0 Å². The molecule has 1 aromatic rings. The minimum atomic E-state index is -0.666. The average molecular weight is 256 g/mol. The van der Waals surface area contributed by atoms with Gasteiger partial charge in [0.1, 0.15) is 11.8 Å². The Morgan fingerprint density at radius 1 is 1.35 bits per heavy atom. The standard InChI is InChI=1S/C12H14ClNO3/c1-9(12(13)16)14-11(15)7-8-17-10-5-3-2-4-6-10/h2-6,9H,7-8H2,1H3,(H,14,15). The Morgan fingerprint density at radius 2 is 2.00 bits per heavy atom. The van der Waals surface area contributed by atoms with E-state index in [1.807, 2.05) is 30.3 Å². The molecule has 1 amide bonds. The molecule has 0 bridgehead atoms. The summed E-state index contributed by atoms with van der Waals surface area (Å²) in [6.45, 7) is 1.80. The Kier molecular flexibility index (Phi) is 5.49. The number of carbonyl (C=O) groups is 2. The first-order chi connectivity index (χ1) is 8.09. The second-order valence-corrected chi connectivity index (χ2v) is 3.88. The van der Waals surface area contributed by atoms with E-state index in [1.54, 1.807) is 0 Å². The number of amides is 1. The van der Waals surface area contributed by atoms with Gasteiger partial charge in [0.15, 0.2) is 0 Å². The van der Waals surface area contributed by atoms with Gasteiger partial charge in [-0.05, 0) is 30.7 Å². The lowest BCUT2D eigenvalue weighted by molar-refractivity contribution is -0.125. The van der Waals surface area contributed by atoms with Crippen LogP contribution in [-0.4, -0.2) is 23.8 Å². The van der Waals surface area contributed by atoms with E-state index in [2.05, 4.69) is 5.32 Å². The molecule has 1 aromatic carbocycles. The quantitative estimate of drug-likeness (QED) is 0.788. The first-order valence-electron chi connectivity index (χ1n) is 5.26. The topological polar surface area (TPSA) is 55.4 Å². The maximum Gasteiger partial charge on any atom is 0.243 e. The van der Waals surface area contributed by atoms with E-state index in [-0.39, 0.29) is 18.9 Å². The summed E-state index contributed by atoms with van der Waals surface area (Å²) in [6.07, 6.45) is 0.184. The highest BCUT2D eigenvalue weighted by Gasteiger charge is 2.12. The zero-order chi connectivity index (χ0) is 12.7. The number of hydrogen-bond acceptors (Lipinski definition) is 3. The number of halogens is 1. The van der Waals surface area contributed by atoms with Crippen molar-refractivity contribution >= 4 is 22.8 Å². The number of carbonyl (C=O) groups excluding carboxylic acids is 2. The van der Waals surface area contributed by atoms with Crippen molar-refractivity contribution in [3.63, 3.8) is 0 Å². The number of para-hydroxylation sites is 1. The Hall–Kier alpha value is -1.55. The second kappa shape index (κ2) is 6.91. The van der Waals surface area contributed by atoms with Crippen LogP contribution in [0.5, 0.6) is 5.75 Å². The summed E-state index contributed by atoms with van der Waals surface area (Å²) < 4.78 is 5.34. The van der Waals surface area contributed by atoms with Crippen LogP contribution in [0.1, 0.15) is 13.3 Å². The predicted octanol–water partition coefficient (Wildman–Crippen LogP) is 1.73. The van der Waals surface area contributed by atoms with Gasteiger partial charge in [-0.3, -0.25) is 9.59 Å². The van der Waals surface area contributed by atoms with Gasteiger partial charge in [-0.25, -0.2) is 0 Å². The fourth-order valence-electron chi connectivity index (χ4n) is 1.15. The van der Waals surface area contributed by atoms with Crippen molar-refractivity contribution in [1.82, 2.24) is 5.32 Å². The van der Waals surface area contributed by atoms with Crippen LogP contribution >= 0.6 is 11.6 Å². The molecule has 1 N–H and O–H groups in total. The summed E-state index contributed by atoms with van der Waals surface area (Å²) in [6, 6.07) is 8.53. The Labute approximate surface area is 105 Å². The molecule has 0 aliphatic heterocycles. The lowest BCUT2D eigenvalue weighted by Crippen LogP contribution is -2.37. The zero-order valence-corrected chi connectivity index (χ0v) is 10.2. The SMILES string of the molecule is CC(NC(=O)CCOc1ccccc1)C(=O)Cl. The summed E-state index contributed by atoms with van der Waals surface area (Å²) in [7, 11) is 0. The minimum absolute atomic E-state index is 0.184. The van der Waals surface area contributed by atoms with E-state index in [0.29, 0.717) is 5.75 Å². The van der Waals surface area contributed by atoms with Crippen LogP contribution in [0.3, 0.4) is 0 Å². The van der Waals surface area contributed by atoms with Gasteiger partial charge in [-0.1, -0.05) is 18.2 Å². The Morgan fingerprint density at radius 3 is 2.59 bits per heavy atom. The fraction of sp³-hybridized carbons (Fsp3) is 0.333. The molecule has 5 heteroatoms. The highest BCUT2D eigenvalue weighted by molar-refractivity contribution is 6.64. The van der Waals surface area contributed by atoms with Crippen LogP contribution in [0.4, 0.5) is 0 Å². The number of nitrogens with one attached hydrogen (secondary N) is 1. The first-order valence-corrected chi connectivity index (χ1v) is 5.64. The van der Waals surface area contributed by atoms with E-state index < -0.39 is 11.3 Å². The number of benzene rings is 1. The van der Waals surface area contributed by atoms with Crippen molar-refractivity contribution in [3.05, 3.63) is 30.3 Å². The third-order valence-electron chi connectivity index (χ3n) is 2.06. The van der Waals surface area contributed by atoms with E-state index in [0.717, 1.165) is 0 Å². The molecule has 0 fully saturated rings. The predicted molar refractivity (Wildman–Crippen MR) is 65.0 cm³/mol. The maximum absolute atomic E-state index is 11.3. The molecular formula is C12H14ClNO3. The lowest BCUT2D eigenvalue weighted by atomic mass is 10.3. The minimum Gasteiger partial charge on any atom is -0.493 e. The molecule has 17 heavy (non-hydrogen) atoms. The fourth-order valence-corrected chi connectivity index (χ4v) is 1.20. The van der Waals surface area contributed by atoms with Crippen molar-refractivity contribution < 1.29 is 14.3 Å². The molecule has 0 saturated heterocycles. The average Bonchev–Trinajstić information content (AvgIpc) is 2.30. The van der Waals surface area contributed by atoms with Crippen LogP contribution < -0.4 is 10.1 Å². The van der Waals surface area contributed by atoms with E-state index in [4.69, 9.17) is 16.3 Å². The van der Waals surface area contributed by atoms with Gasteiger partial charge in [-0.15, -0.1) is 0 Å². The van der Waals surface area contributed by atoms with Crippen LogP contribution in [0.25, 0.3) is 0 Å². The summed E-state index contributed by atoms with van der Waals surface area (Å²) in [5, 5.41) is 1.88. The van der Waals surface area contributed by atoms with Crippen LogP contribution in [0.2, 0.25) is 0 Å². The largest absolute Gasteiger partial charge is 0.493 e. The monoisotopic (exact) mass is 255 g/mol. The van der Waals surface area contributed by atoms with Gasteiger partial charge in [0.2, 0.25) is 11.1 Å². The number of hydrogen-bond donors (Lipinski definition) is 1. The van der Waals surface area contributed by atoms with Crippen molar-refractivity contribution in [3.8, 4) is 5.75 Å². The van der Waals surface area contributed by atoms with Gasteiger partial charge in [-0.2, -0.15) is 0 Å². The normalized spacial score (nSPS) is 11.6. The summed E-state index contributed by atoms with van der Waals surface area (Å²) >= 11 is 5.22. The van der Waals surface area contributed by atoms with Gasteiger partial charge in [0, 0.05) is 0 Å². The Balaban J connectivity index is 2.23. The second-order valence-electron chi connectivity index (χ2n) is 3.50. The molecular weight excluding hydrogens is 242 g/mol. The molecule has 0 spiro atoms. The van der Waals surface area contributed by atoms with E-state index >= 15 is 0 Å². The van der Waals surface area contributed by atoms with Crippen LogP contribution in [-0.2, 0) is 9.59 Å². The van der Waals surface area contributed by atoms with Crippen LogP contribution in [0.15, 0.2) is 30.3 Å². The summed E-state index contributed by atoms with van der Waals surface area (Å²) in [5.74, 6) is 0.448. The molecule has 0 radical (unpaired) electrons. The molecule has 0 heterocycles. The molecule has 0 aromatic heterocycles. The smallest absolute Gasteiger partial charge is 0.243 e. The lowest BCUT2D eigenvalue weighted by Gasteiger charge is -2.09. The molecule has 1 rings (SSSR count). The molecule has 1 atom stereocenters. The van der Waals surface area contributed by atoms with Crippen molar-refractivity contribution in [2.75, 3.05) is 6.61 Å². The van der Waals surface area contributed by atoms with Gasteiger partial charge in [0.05, 0.1) is 13.0 Å².